The zero-order valence-electron chi connectivity index (χ0n) is 25.2. The van der Waals surface area contributed by atoms with E-state index in [1.54, 1.807) is 0 Å². The Kier molecular flexibility index (Phi) is 5.38. The Bertz CT molecular complexity index is 2770. The molecule has 0 atom stereocenters. The standard InChI is InChI=1S/C46H28/c1-3-12-29(13-4-1)33-19-9-16-31-28-32(24-25-35(31)33)43-37-17-7-8-18-39(37)46-42-27-26-34(30-14-5-2-6-15-30)36-20-10-21-38(44(36)42)40-22-11-23-41(43)45(40)46/h1-28H. The molecule has 0 aliphatic carbocycles. The zero-order valence-corrected chi connectivity index (χ0v) is 25.2. The fourth-order valence-electron chi connectivity index (χ4n) is 8.06. The maximum absolute atomic E-state index is 2.39. The van der Waals surface area contributed by atoms with Gasteiger partial charge in [-0.1, -0.05) is 164 Å². The van der Waals surface area contributed by atoms with Crippen molar-refractivity contribution in [1.82, 2.24) is 0 Å². The molecule has 0 saturated carbocycles. The highest BCUT2D eigenvalue weighted by molar-refractivity contribution is 6.41. The molecule has 0 amide bonds. The molecule has 0 bridgehead atoms. The van der Waals surface area contributed by atoms with E-state index in [1.165, 1.54) is 98.0 Å². The Morgan fingerprint density at radius 3 is 1.52 bits per heavy atom. The molecule has 212 valence electrons. The molecule has 0 nitrogen and oxygen atoms in total. The van der Waals surface area contributed by atoms with Crippen LogP contribution >= 0.6 is 0 Å². The minimum absolute atomic E-state index is 1.25. The maximum atomic E-state index is 2.39. The summed E-state index contributed by atoms with van der Waals surface area (Å²) in [5, 5.41) is 15.7. The molecule has 0 N–H and O–H groups in total. The van der Waals surface area contributed by atoms with Crippen molar-refractivity contribution in [2.45, 2.75) is 0 Å². The molecular weight excluding hydrogens is 553 g/mol. The topological polar surface area (TPSA) is 0 Å². The predicted molar refractivity (Wildman–Crippen MR) is 199 cm³/mol. The van der Waals surface area contributed by atoms with Crippen molar-refractivity contribution in [3.05, 3.63) is 170 Å². The first-order chi connectivity index (χ1) is 22.8. The fraction of sp³-hybridized carbons (Fsp3) is 0. The van der Waals surface area contributed by atoms with Gasteiger partial charge in [0.1, 0.15) is 0 Å². The first kappa shape index (κ1) is 25.4. The second-order valence-corrected chi connectivity index (χ2v) is 12.4. The summed E-state index contributed by atoms with van der Waals surface area (Å²) in [4.78, 5) is 0. The Balaban J connectivity index is 1.33. The van der Waals surface area contributed by atoms with Crippen molar-refractivity contribution >= 4 is 64.6 Å². The van der Waals surface area contributed by atoms with E-state index in [0.29, 0.717) is 0 Å². The highest BCUT2D eigenvalue weighted by atomic mass is 14.2. The maximum Gasteiger partial charge on any atom is -0.00137 e. The summed E-state index contributed by atoms with van der Waals surface area (Å²) >= 11 is 0. The lowest BCUT2D eigenvalue weighted by molar-refractivity contribution is 1.65. The van der Waals surface area contributed by atoms with Crippen molar-refractivity contribution in [3.8, 4) is 33.4 Å². The van der Waals surface area contributed by atoms with Crippen LogP contribution in [0.2, 0.25) is 0 Å². The lowest BCUT2D eigenvalue weighted by Crippen LogP contribution is -1.93. The van der Waals surface area contributed by atoms with Gasteiger partial charge in [-0.2, -0.15) is 0 Å². The van der Waals surface area contributed by atoms with Crippen LogP contribution in [0.1, 0.15) is 0 Å². The molecule has 10 rings (SSSR count). The average molecular weight is 581 g/mol. The van der Waals surface area contributed by atoms with Gasteiger partial charge in [0, 0.05) is 0 Å². The molecular formula is C46H28. The van der Waals surface area contributed by atoms with Crippen LogP contribution in [-0.2, 0) is 0 Å². The van der Waals surface area contributed by atoms with Gasteiger partial charge in [0.05, 0.1) is 0 Å². The zero-order chi connectivity index (χ0) is 30.2. The normalized spacial score (nSPS) is 11.9. The van der Waals surface area contributed by atoms with Gasteiger partial charge < -0.3 is 0 Å². The number of hydrogen-bond donors (Lipinski definition) is 0. The molecule has 0 fully saturated rings. The summed E-state index contributed by atoms with van der Waals surface area (Å²) in [5.41, 5.74) is 7.61. The third-order valence-electron chi connectivity index (χ3n) is 9.99. The van der Waals surface area contributed by atoms with Crippen LogP contribution in [0.3, 0.4) is 0 Å². The first-order valence-corrected chi connectivity index (χ1v) is 16.0. The van der Waals surface area contributed by atoms with Gasteiger partial charge in [-0.15, -0.1) is 0 Å². The second kappa shape index (κ2) is 9.76. The molecule has 0 unspecified atom stereocenters. The molecule has 0 aromatic heterocycles. The van der Waals surface area contributed by atoms with Gasteiger partial charge in [-0.25, -0.2) is 0 Å². The van der Waals surface area contributed by atoms with Gasteiger partial charge in [0.15, 0.2) is 0 Å². The van der Waals surface area contributed by atoms with Crippen molar-refractivity contribution in [2.24, 2.45) is 0 Å². The Hall–Kier alpha value is -5.98. The minimum Gasteiger partial charge on any atom is -0.0622 e. The van der Waals surface area contributed by atoms with Gasteiger partial charge in [-0.3, -0.25) is 0 Å². The Morgan fingerprint density at radius 1 is 0.239 bits per heavy atom. The third kappa shape index (κ3) is 3.56. The van der Waals surface area contributed by atoms with Crippen LogP contribution in [0.5, 0.6) is 0 Å². The number of benzene rings is 10. The van der Waals surface area contributed by atoms with Crippen LogP contribution in [0.15, 0.2) is 170 Å². The molecule has 10 aromatic carbocycles. The van der Waals surface area contributed by atoms with Crippen LogP contribution < -0.4 is 0 Å². The molecule has 0 heterocycles. The van der Waals surface area contributed by atoms with E-state index >= 15 is 0 Å². The van der Waals surface area contributed by atoms with E-state index in [9.17, 15) is 0 Å². The Morgan fingerprint density at radius 2 is 0.761 bits per heavy atom. The largest absolute Gasteiger partial charge is 0.0622 e. The van der Waals surface area contributed by atoms with E-state index < -0.39 is 0 Å². The summed E-state index contributed by atoms with van der Waals surface area (Å²) < 4.78 is 0. The molecule has 0 radical (unpaired) electrons. The van der Waals surface area contributed by atoms with Gasteiger partial charge in [0.25, 0.3) is 0 Å². The SMILES string of the molecule is c1ccc(-c2cccc3cc(-c4c5ccccc5c5c6ccc(-c7ccccc7)c7cccc(c8cccc4c85)c76)ccc23)cc1. The minimum atomic E-state index is 1.25. The Labute approximate surface area is 267 Å². The van der Waals surface area contributed by atoms with E-state index in [0.717, 1.165) is 0 Å². The molecule has 0 spiro atoms. The lowest BCUT2D eigenvalue weighted by atomic mass is 9.82. The first-order valence-electron chi connectivity index (χ1n) is 16.0. The number of rotatable bonds is 3. The van der Waals surface area contributed by atoms with E-state index in [1.807, 2.05) is 0 Å². The smallest absolute Gasteiger partial charge is 0.00137 e. The van der Waals surface area contributed by atoms with Gasteiger partial charge in [-0.05, 0) is 104 Å². The van der Waals surface area contributed by atoms with E-state index in [-0.39, 0.29) is 0 Å². The lowest BCUT2D eigenvalue weighted by Gasteiger charge is -2.21. The summed E-state index contributed by atoms with van der Waals surface area (Å²) in [6.07, 6.45) is 0. The van der Waals surface area contributed by atoms with Crippen LogP contribution in [0.25, 0.3) is 98.0 Å². The summed E-state index contributed by atoms with van der Waals surface area (Å²) in [6.45, 7) is 0. The van der Waals surface area contributed by atoms with Gasteiger partial charge >= 0.3 is 0 Å². The van der Waals surface area contributed by atoms with Crippen molar-refractivity contribution in [3.63, 3.8) is 0 Å². The third-order valence-corrected chi connectivity index (χ3v) is 9.99. The summed E-state index contributed by atoms with van der Waals surface area (Å²) in [6, 6.07) is 62.7. The molecule has 0 aliphatic rings. The molecule has 10 aromatic rings. The summed E-state index contributed by atoms with van der Waals surface area (Å²) in [5.74, 6) is 0. The highest BCUT2D eigenvalue weighted by Crippen LogP contribution is 2.49. The number of hydrogen-bond acceptors (Lipinski definition) is 0. The molecule has 0 heteroatoms. The number of fused-ring (bicyclic) bond motifs is 5. The van der Waals surface area contributed by atoms with E-state index in [2.05, 4.69) is 170 Å². The van der Waals surface area contributed by atoms with Crippen LogP contribution in [0, 0.1) is 0 Å². The monoisotopic (exact) mass is 580 g/mol. The molecule has 0 aliphatic heterocycles. The fourth-order valence-corrected chi connectivity index (χ4v) is 8.06. The van der Waals surface area contributed by atoms with Crippen molar-refractivity contribution in [2.75, 3.05) is 0 Å². The van der Waals surface area contributed by atoms with E-state index in [4.69, 9.17) is 0 Å². The molecule has 0 saturated heterocycles. The second-order valence-electron chi connectivity index (χ2n) is 12.4. The van der Waals surface area contributed by atoms with Gasteiger partial charge in [0.2, 0.25) is 0 Å². The van der Waals surface area contributed by atoms with Crippen molar-refractivity contribution < 1.29 is 0 Å². The molecule has 46 heavy (non-hydrogen) atoms. The average Bonchev–Trinajstić information content (AvgIpc) is 3.13. The van der Waals surface area contributed by atoms with Crippen molar-refractivity contribution in [1.29, 1.82) is 0 Å². The summed E-state index contributed by atoms with van der Waals surface area (Å²) in [7, 11) is 0. The highest BCUT2D eigenvalue weighted by Gasteiger charge is 2.21. The quantitative estimate of drug-likeness (QED) is 0.144. The van der Waals surface area contributed by atoms with Crippen LogP contribution in [0.4, 0.5) is 0 Å². The van der Waals surface area contributed by atoms with Crippen LogP contribution in [-0.4, -0.2) is 0 Å². The predicted octanol–water partition coefficient (Wildman–Crippen LogP) is 13.0.